The summed E-state index contributed by atoms with van der Waals surface area (Å²) in [5, 5.41) is 15.4. The molecule has 0 saturated carbocycles. The first-order valence-corrected chi connectivity index (χ1v) is 7.57. The van der Waals surface area contributed by atoms with Crippen molar-refractivity contribution < 1.29 is 14.6 Å². The Kier molecular flexibility index (Phi) is 5.99. The Balaban J connectivity index is 1.83. The van der Waals surface area contributed by atoms with Crippen molar-refractivity contribution in [2.24, 2.45) is 0 Å². The third kappa shape index (κ3) is 5.41. The molecule has 0 fully saturated rings. The van der Waals surface area contributed by atoms with Crippen molar-refractivity contribution in [3.63, 3.8) is 0 Å². The summed E-state index contributed by atoms with van der Waals surface area (Å²) in [7, 11) is 0. The molecule has 1 aromatic carbocycles. The molecule has 4 nitrogen and oxygen atoms in total. The van der Waals surface area contributed by atoms with Gasteiger partial charge in [-0.2, -0.15) is 11.3 Å². The van der Waals surface area contributed by atoms with Crippen LogP contribution in [0.2, 0.25) is 0 Å². The number of thiophene rings is 1. The van der Waals surface area contributed by atoms with E-state index in [-0.39, 0.29) is 12.5 Å². The van der Waals surface area contributed by atoms with Crippen LogP contribution in [0.4, 0.5) is 5.69 Å². The molecule has 5 heteroatoms. The SMILES string of the molecule is O=C(/C=C/c1ccsc1)Nc1ccc(OCCCO)cc1. The van der Waals surface area contributed by atoms with Crippen molar-refractivity contribution in [2.45, 2.75) is 6.42 Å². The normalized spacial score (nSPS) is 10.7. The number of anilines is 1. The topological polar surface area (TPSA) is 58.6 Å². The van der Waals surface area contributed by atoms with Crippen LogP contribution in [-0.4, -0.2) is 24.2 Å². The highest BCUT2D eigenvalue weighted by atomic mass is 32.1. The standard InChI is InChI=1S/C16H17NO3S/c18-9-1-10-20-15-5-3-14(4-6-15)17-16(19)7-2-13-8-11-21-12-13/h2-8,11-12,18H,1,9-10H2,(H,17,19)/b7-2+. The number of aliphatic hydroxyl groups excluding tert-OH is 1. The van der Waals surface area contributed by atoms with Crippen LogP contribution in [0, 0.1) is 0 Å². The van der Waals surface area contributed by atoms with Crippen LogP contribution < -0.4 is 10.1 Å². The van der Waals surface area contributed by atoms with Gasteiger partial charge in [-0.25, -0.2) is 0 Å². The first kappa shape index (κ1) is 15.3. The van der Waals surface area contributed by atoms with Gasteiger partial charge in [-0.05, 0) is 52.7 Å². The maximum absolute atomic E-state index is 11.7. The summed E-state index contributed by atoms with van der Waals surface area (Å²) >= 11 is 1.59. The van der Waals surface area contributed by atoms with Gasteiger partial charge >= 0.3 is 0 Å². The van der Waals surface area contributed by atoms with Gasteiger partial charge in [0, 0.05) is 24.8 Å². The number of ether oxygens (including phenoxy) is 1. The Hall–Kier alpha value is -2.11. The number of amides is 1. The Morgan fingerprint density at radius 2 is 2.10 bits per heavy atom. The van der Waals surface area contributed by atoms with Crippen LogP contribution in [0.3, 0.4) is 0 Å². The molecular weight excluding hydrogens is 286 g/mol. The highest BCUT2D eigenvalue weighted by Crippen LogP contribution is 2.16. The molecule has 2 rings (SSSR count). The summed E-state index contributed by atoms with van der Waals surface area (Å²) in [6.45, 7) is 0.593. The zero-order valence-corrected chi connectivity index (χ0v) is 12.3. The maximum Gasteiger partial charge on any atom is 0.248 e. The predicted octanol–water partition coefficient (Wildman–Crippen LogP) is 3.16. The molecule has 0 saturated heterocycles. The molecule has 0 aliphatic carbocycles. The second kappa shape index (κ2) is 8.24. The number of aliphatic hydroxyl groups is 1. The third-order valence-electron chi connectivity index (χ3n) is 2.66. The minimum atomic E-state index is -0.171. The van der Waals surface area contributed by atoms with E-state index >= 15 is 0 Å². The minimum Gasteiger partial charge on any atom is -0.494 e. The second-order valence-corrected chi connectivity index (χ2v) is 5.11. The second-order valence-electron chi connectivity index (χ2n) is 4.33. The first-order valence-electron chi connectivity index (χ1n) is 6.63. The Morgan fingerprint density at radius 3 is 2.76 bits per heavy atom. The molecule has 0 spiro atoms. The Labute approximate surface area is 127 Å². The van der Waals surface area contributed by atoms with E-state index in [0.29, 0.717) is 18.7 Å². The summed E-state index contributed by atoms with van der Waals surface area (Å²) in [6.07, 6.45) is 3.89. The fourth-order valence-corrected chi connectivity index (χ4v) is 2.24. The molecule has 0 bridgehead atoms. The fourth-order valence-electron chi connectivity index (χ4n) is 1.61. The Bertz CT molecular complexity index is 576. The number of carbonyl (C=O) groups is 1. The van der Waals surface area contributed by atoms with Crippen LogP contribution in [0.15, 0.2) is 47.2 Å². The molecule has 2 N–H and O–H groups in total. The van der Waals surface area contributed by atoms with Crippen molar-refractivity contribution in [1.29, 1.82) is 0 Å². The predicted molar refractivity (Wildman–Crippen MR) is 85.6 cm³/mol. The van der Waals surface area contributed by atoms with Gasteiger partial charge in [0.2, 0.25) is 5.91 Å². The van der Waals surface area contributed by atoms with Gasteiger partial charge in [0.25, 0.3) is 0 Å². The van der Waals surface area contributed by atoms with Gasteiger partial charge in [0.05, 0.1) is 6.61 Å². The lowest BCUT2D eigenvalue weighted by atomic mass is 10.3. The van der Waals surface area contributed by atoms with Gasteiger partial charge in [0.15, 0.2) is 0 Å². The van der Waals surface area contributed by atoms with Crippen molar-refractivity contribution in [1.82, 2.24) is 0 Å². The van der Waals surface area contributed by atoms with Gasteiger partial charge < -0.3 is 15.2 Å². The maximum atomic E-state index is 11.7. The molecular formula is C16H17NO3S. The van der Waals surface area contributed by atoms with E-state index in [4.69, 9.17) is 9.84 Å². The number of hydrogen-bond donors (Lipinski definition) is 2. The van der Waals surface area contributed by atoms with E-state index in [0.717, 1.165) is 11.3 Å². The summed E-state index contributed by atoms with van der Waals surface area (Å²) in [5.74, 6) is 0.547. The molecule has 0 atom stereocenters. The summed E-state index contributed by atoms with van der Waals surface area (Å²) in [5.41, 5.74) is 1.73. The van der Waals surface area contributed by atoms with E-state index in [1.165, 1.54) is 6.08 Å². The van der Waals surface area contributed by atoms with Crippen molar-refractivity contribution in [3.8, 4) is 5.75 Å². The van der Waals surface area contributed by atoms with Gasteiger partial charge in [-0.15, -0.1) is 0 Å². The Morgan fingerprint density at radius 1 is 1.29 bits per heavy atom. The average molecular weight is 303 g/mol. The molecule has 0 aliphatic rings. The van der Waals surface area contributed by atoms with Crippen LogP contribution in [-0.2, 0) is 4.79 Å². The van der Waals surface area contributed by atoms with Gasteiger partial charge in [-0.1, -0.05) is 0 Å². The molecule has 0 unspecified atom stereocenters. The first-order chi connectivity index (χ1) is 10.3. The molecule has 0 radical (unpaired) electrons. The van der Waals surface area contributed by atoms with Crippen LogP contribution in [0.25, 0.3) is 6.08 Å². The molecule has 110 valence electrons. The molecule has 0 aliphatic heterocycles. The van der Waals surface area contributed by atoms with Crippen molar-refractivity contribution in [3.05, 3.63) is 52.7 Å². The lowest BCUT2D eigenvalue weighted by molar-refractivity contribution is -0.111. The fraction of sp³-hybridized carbons (Fsp3) is 0.188. The van der Waals surface area contributed by atoms with E-state index in [9.17, 15) is 4.79 Å². The van der Waals surface area contributed by atoms with Crippen molar-refractivity contribution >= 4 is 29.0 Å². The minimum absolute atomic E-state index is 0.116. The largest absolute Gasteiger partial charge is 0.494 e. The summed E-state index contributed by atoms with van der Waals surface area (Å²) < 4.78 is 5.42. The van der Waals surface area contributed by atoms with E-state index < -0.39 is 0 Å². The van der Waals surface area contributed by atoms with Crippen molar-refractivity contribution in [2.75, 3.05) is 18.5 Å². The lowest BCUT2D eigenvalue weighted by Crippen LogP contribution is -2.07. The van der Waals surface area contributed by atoms with Crippen LogP contribution in [0.5, 0.6) is 5.75 Å². The highest BCUT2D eigenvalue weighted by molar-refractivity contribution is 7.08. The van der Waals surface area contributed by atoms with Gasteiger partial charge in [-0.3, -0.25) is 4.79 Å². The number of rotatable bonds is 7. The third-order valence-corrected chi connectivity index (χ3v) is 3.36. The average Bonchev–Trinajstić information content (AvgIpc) is 3.01. The highest BCUT2D eigenvalue weighted by Gasteiger charge is 1.99. The van der Waals surface area contributed by atoms with Crippen LogP contribution in [0.1, 0.15) is 12.0 Å². The van der Waals surface area contributed by atoms with Gasteiger partial charge in [0.1, 0.15) is 5.75 Å². The molecule has 1 heterocycles. The van der Waals surface area contributed by atoms with E-state index in [1.807, 2.05) is 16.8 Å². The van der Waals surface area contributed by atoms with E-state index in [1.54, 1.807) is 41.7 Å². The monoisotopic (exact) mass is 303 g/mol. The van der Waals surface area contributed by atoms with Crippen LogP contribution >= 0.6 is 11.3 Å². The molecule has 1 aromatic heterocycles. The molecule has 2 aromatic rings. The molecule has 1 amide bonds. The quantitative estimate of drug-likeness (QED) is 0.610. The number of hydrogen-bond acceptors (Lipinski definition) is 4. The number of benzene rings is 1. The smallest absolute Gasteiger partial charge is 0.248 e. The summed E-state index contributed by atoms with van der Waals surface area (Å²) in [6, 6.07) is 9.09. The number of carbonyl (C=O) groups excluding carboxylic acids is 1. The molecule has 21 heavy (non-hydrogen) atoms. The van der Waals surface area contributed by atoms with E-state index in [2.05, 4.69) is 5.32 Å². The number of nitrogens with one attached hydrogen (secondary N) is 1. The zero-order chi connectivity index (χ0) is 14.9. The zero-order valence-electron chi connectivity index (χ0n) is 11.5. The summed E-state index contributed by atoms with van der Waals surface area (Å²) in [4.78, 5) is 11.7. The lowest BCUT2D eigenvalue weighted by Gasteiger charge is -2.06.